The van der Waals surface area contributed by atoms with Gasteiger partial charge in [0.25, 0.3) is 0 Å². The van der Waals surface area contributed by atoms with Gasteiger partial charge in [-0.2, -0.15) is 0 Å². The molecule has 2 amide bonds. The number of hydrogen-bond acceptors (Lipinski definition) is 5. The fourth-order valence-corrected chi connectivity index (χ4v) is 3.03. The summed E-state index contributed by atoms with van der Waals surface area (Å²) in [6, 6.07) is 8.05. The number of ether oxygens (including phenoxy) is 2. The van der Waals surface area contributed by atoms with Gasteiger partial charge in [-0.3, -0.25) is 4.79 Å². The maximum Gasteiger partial charge on any atom is 0.409 e. The van der Waals surface area contributed by atoms with Crippen LogP contribution in [-0.2, 0) is 9.53 Å². The number of likely N-dealkylation sites (N-methyl/N-ethyl adjacent to an activating group) is 1. The number of hydrogen-bond donors (Lipinski definition) is 2. The van der Waals surface area contributed by atoms with Crippen LogP contribution >= 0.6 is 24.0 Å². The van der Waals surface area contributed by atoms with E-state index >= 15 is 0 Å². The molecule has 0 atom stereocenters. The Kier molecular flexibility index (Phi) is 12.8. The number of aliphatic imine (C=N–C) groups is 1. The standard InChI is InChI=1S/C22H35N5O4.HI/c1-5-30-22(29)27-13-10-18(11-14-27)25-21(24-16-20(28)26(3)4)23-12-15-31-19-8-6-17(2)7-9-19;/h6-9,18H,5,10-16H2,1-4H3,(H2,23,24,25);1H. The lowest BCUT2D eigenvalue weighted by atomic mass is 10.1. The van der Waals surface area contributed by atoms with Gasteiger partial charge in [0.15, 0.2) is 5.96 Å². The molecule has 0 radical (unpaired) electrons. The molecule has 0 spiro atoms. The van der Waals surface area contributed by atoms with Gasteiger partial charge >= 0.3 is 6.09 Å². The number of likely N-dealkylation sites (tertiary alicyclic amines) is 1. The summed E-state index contributed by atoms with van der Waals surface area (Å²) in [5.74, 6) is 1.30. The summed E-state index contributed by atoms with van der Waals surface area (Å²) < 4.78 is 10.8. The highest BCUT2D eigenvalue weighted by atomic mass is 127. The zero-order valence-electron chi connectivity index (χ0n) is 19.4. The van der Waals surface area contributed by atoms with E-state index in [1.54, 1.807) is 25.9 Å². The van der Waals surface area contributed by atoms with Crippen LogP contribution in [0.1, 0.15) is 25.3 Å². The number of rotatable bonds is 8. The van der Waals surface area contributed by atoms with Crippen LogP contribution in [0.5, 0.6) is 5.75 Å². The van der Waals surface area contributed by atoms with E-state index in [1.807, 2.05) is 31.2 Å². The highest BCUT2D eigenvalue weighted by Gasteiger charge is 2.24. The lowest BCUT2D eigenvalue weighted by molar-refractivity contribution is -0.127. The summed E-state index contributed by atoms with van der Waals surface area (Å²) in [5, 5.41) is 6.62. The van der Waals surface area contributed by atoms with Gasteiger partial charge in [-0.05, 0) is 38.8 Å². The van der Waals surface area contributed by atoms with Crippen molar-refractivity contribution in [2.75, 3.05) is 53.5 Å². The molecule has 32 heavy (non-hydrogen) atoms. The summed E-state index contributed by atoms with van der Waals surface area (Å²) in [6.45, 7) is 6.52. The second-order valence-corrected chi connectivity index (χ2v) is 7.65. The van der Waals surface area contributed by atoms with Crippen LogP contribution in [-0.4, -0.2) is 87.3 Å². The van der Waals surface area contributed by atoms with Gasteiger partial charge in [0.05, 0.1) is 13.2 Å². The first-order valence-electron chi connectivity index (χ1n) is 10.7. The Morgan fingerprint density at radius 3 is 2.44 bits per heavy atom. The van der Waals surface area contributed by atoms with E-state index in [4.69, 9.17) is 9.47 Å². The van der Waals surface area contributed by atoms with Crippen LogP contribution in [0.4, 0.5) is 4.79 Å². The van der Waals surface area contributed by atoms with Gasteiger partial charge < -0.3 is 29.9 Å². The average molecular weight is 561 g/mol. The maximum absolute atomic E-state index is 11.9. The van der Waals surface area contributed by atoms with Gasteiger partial charge in [-0.1, -0.05) is 17.7 Å². The second-order valence-electron chi connectivity index (χ2n) is 7.65. The average Bonchev–Trinajstić information content (AvgIpc) is 2.76. The molecule has 1 heterocycles. The Morgan fingerprint density at radius 2 is 1.84 bits per heavy atom. The monoisotopic (exact) mass is 561 g/mol. The Labute approximate surface area is 207 Å². The van der Waals surface area contributed by atoms with Crippen LogP contribution < -0.4 is 15.4 Å². The largest absolute Gasteiger partial charge is 0.492 e. The highest BCUT2D eigenvalue weighted by Crippen LogP contribution is 2.12. The number of carbonyl (C=O) groups excluding carboxylic acids is 2. The molecule has 1 aliphatic rings. The van der Waals surface area contributed by atoms with E-state index in [9.17, 15) is 9.59 Å². The SMILES string of the molecule is CCOC(=O)N1CCC(NC(=NCC(=O)N(C)C)NCCOc2ccc(C)cc2)CC1.I. The smallest absolute Gasteiger partial charge is 0.409 e. The maximum atomic E-state index is 11.9. The predicted molar refractivity (Wildman–Crippen MR) is 136 cm³/mol. The van der Waals surface area contributed by atoms with Crippen molar-refractivity contribution in [2.24, 2.45) is 4.99 Å². The summed E-state index contributed by atoms with van der Waals surface area (Å²) in [7, 11) is 3.41. The third-order valence-corrected chi connectivity index (χ3v) is 4.92. The first-order chi connectivity index (χ1) is 14.9. The molecule has 1 aromatic rings. The van der Waals surface area contributed by atoms with Crippen molar-refractivity contribution in [3.63, 3.8) is 0 Å². The zero-order valence-corrected chi connectivity index (χ0v) is 21.8. The van der Waals surface area contributed by atoms with Crippen molar-refractivity contribution >= 4 is 41.9 Å². The normalized spacial score (nSPS) is 14.2. The van der Waals surface area contributed by atoms with Crippen molar-refractivity contribution < 1.29 is 19.1 Å². The number of amides is 2. The number of benzene rings is 1. The van der Waals surface area contributed by atoms with Crippen LogP contribution in [0.15, 0.2) is 29.3 Å². The first-order valence-corrected chi connectivity index (χ1v) is 10.7. The minimum atomic E-state index is -0.266. The molecule has 1 saturated heterocycles. The summed E-state index contributed by atoms with van der Waals surface area (Å²) in [5.41, 5.74) is 1.18. The minimum Gasteiger partial charge on any atom is -0.492 e. The zero-order chi connectivity index (χ0) is 22.6. The van der Waals surface area contributed by atoms with E-state index in [-0.39, 0.29) is 48.6 Å². The molecule has 0 unspecified atom stereocenters. The number of carbonyl (C=O) groups is 2. The fourth-order valence-electron chi connectivity index (χ4n) is 3.03. The molecular formula is C22H36IN5O4. The van der Waals surface area contributed by atoms with E-state index in [2.05, 4.69) is 15.6 Å². The number of aryl methyl sites for hydroxylation is 1. The third kappa shape index (κ3) is 9.92. The summed E-state index contributed by atoms with van der Waals surface area (Å²) in [4.78, 5) is 31.5. The summed E-state index contributed by atoms with van der Waals surface area (Å²) in [6.07, 6.45) is 1.29. The van der Waals surface area contributed by atoms with Gasteiger partial charge in [-0.25, -0.2) is 9.79 Å². The Hall–Kier alpha value is -2.24. The fraction of sp³-hybridized carbons (Fsp3) is 0.591. The van der Waals surface area contributed by atoms with E-state index in [1.165, 1.54) is 10.5 Å². The predicted octanol–water partition coefficient (Wildman–Crippen LogP) is 2.24. The molecular weight excluding hydrogens is 525 g/mol. The highest BCUT2D eigenvalue weighted by molar-refractivity contribution is 14.0. The lowest BCUT2D eigenvalue weighted by Crippen LogP contribution is -2.50. The van der Waals surface area contributed by atoms with Crippen molar-refractivity contribution in [1.82, 2.24) is 20.4 Å². The van der Waals surface area contributed by atoms with Crippen molar-refractivity contribution in [3.05, 3.63) is 29.8 Å². The quantitative estimate of drug-likeness (QED) is 0.219. The molecule has 0 aliphatic carbocycles. The third-order valence-electron chi connectivity index (χ3n) is 4.92. The number of halogens is 1. The van der Waals surface area contributed by atoms with Gasteiger partial charge in [0.1, 0.15) is 18.9 Å². The number of nitrogens with zero attached hydrogens (tertiary/aromatic N) is 3. The molecule has 9 nitrogen and oxygen atoms in total. The second kappa shape index (κ2) is 14.8. The Bertz CT molecular complexity index is 734. The molecule has 1 aromatic carbocycles. The van der Waals surface area contributed by atoms with E-state index < -0.39 is 0 Å². The minimum absolute atomic E-state index is 0. The molecule has 10 heteroatoms. The molecule has 1 aliphatic heterocycles. The number of nitrogens with one attached hydrogen (secondary N) is 2. The molecule has 0 bridgehead atoms. The Morgan fingerprint density at radius 1 is 1.19 bits per heavy atom. The lowest BCUT2D eigenvalue weighted by Gasteiger charge is -2.32. The molecule has 1 fully saturated rings. The number of guanidine groups is 1. The number of piperidine rings is 1. The van der Waals surface area contributed by atoms with Crippen molar-refractivity contribution in [3.8, 4) is 5.75 Å². The molecule has 0 saturated carbocycles. The van der Waals surface area contributed by atoms with Gasteiger partial charge in [0.2, 0.25) is 5.91 Å². The molecule has 2 rings (SSSR count). The van der Waals surface area contributed by atoms with Crippen LogP contribution in [0, 0.1) is 6.92 Å². The van der Waals surface area contributed by atoms with Crippen molar-refractivity contribution in [1.29, 1.82) is 0 Å². The Balaban J connectivity index is 0.00000512. The van der Waals surface area contributed by atoms with Gasteiger partial charge in [-0.15, -0.1) is 24.0 Å². The first kappa shape index (κ1) is 27.8. The summed E-state index contributed by atoms with van der Waals surface area (Å²) >= 11 is 0. The van der Waals surface area contributed by atoms with Crippen LogP contribution in [0.3, 0.4) is 0 Å². The van der Waals surface area contributed by atoms with Crippen LogP contribution in [0.25, 0.3) is 0 Å². The molecule has 2 N–H and O–H groups in total. The topological polar surface area (TPSA) is 95.5 Å². The van der Waals surface area contributed by atoms with Crippen LogP contribution in [0.2, 0.25) is 0 Å². The van der Waals surface area contributed by atoms with E-state index in [0.29, 0.717) is 38.8 Å². The van der Waals surface area contributed by atoms with Crippen molar-refractivity contribution in [2.45, 2.75) is 32.7 Å². The molecule has 0 aromatic heterocycles. The van der Waals surface area contributed by atoms with E-state index in [0.717, 1.165) is 18.6 Å². The molecule has 180 valence electrons. The van der Waals surface area contributed by atoms with Gasteiger partial charge in [0, 0.05) is 33.2 Å².